The van der Waals surface area contributed by atoms with Gasteiger partial charge in [-0.3, -0.25) is 0 Å². The molecule has 0 saturated heterocycles. The molecule has 0 atom stereocenters. The Morgan fingerprint density at radius 2 is 1.50 bits per heavy atom. The molecule has 24 heavy (non-hydrogen) atoms. The Bertz CT molecular complexity index is 1040. The summed E-state index contributed by atoms with van der Waals surface area (Å²) >= 11 is 0. The van der Waals surface area contributed by atoms with Crippen LogP contribution in [0.3, 0.4) is 0 Å². The third kappa shape index (κ3) is 2.34. The summed E-state index contributed by atoms with van der Waals surface area (Å²) in [5.41, 5.74) is 8.59. The fraction of sp³-hybridized carbons (Fsp3) is 0.182. The second kappa shape index (κ2) is 5.87. The van der Waals surface area contributed by atoms with Crippen LogP contribution >= 0.6 is 0 Å². The normalized spacial score (nSPS) is 11.4. The highest BCUT2D eigenvalue weighted by atomic mass is 14.7. The molecule has 0 unspecified atom stereocenters. The highest BCUT2D eigenvalue weighted by Crippen LogP contribution is 2.34. The Balaban J connectivity index is 2.07. The van der Waals surface area contributed by atoms with E-state index in [1.165, 1.54) is 38.5 Å². The van der Waals surface area contributed by atoms with Crippen molar-refractivity contribution in [3.05, 3.63) is 65.7 Å². The van der Waals surface area contributed by atoms with Gasteiger partial charge in [-0.1, -0.05) is 55.7 Å². The molecule has 1 N–H and O–H groups in total. The maximum absolute atomic E-state index is 6.01. The zero-order valence-corrected chi connectivity index (χ0v) is 14.2. The minimum atomic E-state index is 0.804. The van der Waals surface area contributed by atoms with Gasteiger partial charge in [0.15, 0.2) is 0 Å². The van der Waals surface area contributed by atoms with Gasteiger partial charge in [-0.2, -0.15) is 0 Å². The molecule has 3 aromatic carbocycles. The minimum Gasteiger partial charge on any atom is -0.355 e. The summed E-state index contributed by atoms with van der Waals surface area (Å²) in [5.74, 6) is 0. The van der Waals surface area contributed by atoms with Gasteiger partial charge < -0.3 is 4.98 Å². The summed E-state index contributed by atoms with van der Waals surface area (Å²) in [5, 5.41) is 2.44. The van der Waals surface area contributed by atoms with Crippen molar-refractivity contribution in [1.29, 1.82) is 0 Å². The van der Waals surface area contributed by atoms with Crippen molar-refractivity contribution >= 4 is 35.1 Å². The first-order chi connectivity index (χ1) is 11.7. The van der Waals surface area contributed by atoms with E-state index in [0.29, 0.717) is 0 Å². The quantitative estimate of drug-likeness (QED) is 0.518. The molecule has 2 heteroatoms. The van der Waals surface area contributed by atoms with Gasteiger partial charge in [0.25, 0.3) is 0 Å². The fourth-order valence-corrected chi connectivity index (χ4v) is 3.64. The second-order valence-electron chi connectivity index (χ2n) is 6.35. The average molecular weight is 309 g/mol. The molecule has 0 aliphatic heterocycles. The first-order valence-corrected chi connectivity index (χ1v) is 8.63. The van der Waals surface area contributed by atoms with Gasteiger partial charge in [0.2, 0.25) is 0 Å². The van der Waals surface area contributed by atoms with E-state index in [2.05, 4.69) is 67.4 Å². The number of aryl methyl sites for hydroxylation is 2. The second-order valence-corrected chi connectivity index (χ2v) is 6.35. The van der Waals surface area contributed by atoms with Crippen LogP contribution in [0.1, 0.15) is 25.0 Å². The molecule has 116 valence electrons. The molecule has 0 aliphatic rings. The van der Waals surface area contributed by atoms with E-state index in [0.717, 1.165) is 23.8 Å². The Morgan fingerprint density at radius 3 is 2.29 bits per heavy atom. The first-order valence-electron chi connectivity index (χ1n) is 8.63. The number of aromatic nitrogens is 1. The number of fused-ring (bicyclic) bond motifs is 3. The van der Waals surface area contributed by atoms with Crippen LogP contribution in [0.15, 0.2) is 54.6 Å². The Hall–Kier alpha value is -2.48. The highest BCUT2D eigenvalue weighted by molar-refractivity contribution is 6.33. The molecule has 1 heterocycles. The van der Waals surface area contributed by atoms with Gasteiger partial charge in [0, 0.05) is 21.8 Å². The van der Waals surface area contributed by atoms with E-state index in [-0.39, 0.29) is 0 Å². The monoisotopic (exact) mass is 309 g/mol. The van der Waals surface area contributed by atoms with Gasteiger partial charge in [-0.25, -0.2) is 0 Å². The lowest BCUT2D eigenvalue weighted by atomic mass is 9.90. The molecule has 1 nitrogen and oxygen atoms in total. The number of hydrogen-bond acceptors (Lipinski definition) is 0. The summed E-state index contributed by atoms with van der Waals surface area (Å²) in [6, 6.07) is 19.4. The van der Waals surface area contributed by atoms with E-state index in [1.807, 2.05) is 6.07 Å². The van der Waals surface area contributed by atoms with Crippen LogP contribution in [-0.4, -0.2) is 12.8 Å². The summed E-state index contributed by atoms with van der Waals surface area (Å²) in [6.45, 7) is 4.44. The van der Waals surface area contributed by atoms with Crippen LogP contribution < -0.4 is 5.46 Å². The molecule has 0 saturated carbocycles. The van der Waals surface area contributed by atoms with Crippen LogP contribution in [0, 0.1) is 0 Å². The first kappa shape index (κ1) is 15.1. The molecular weight excluding hydrogens is 289 g/mol. The molecule has 1 aromatic heterocycles. The van der Waals surface area contributed by atoms with Crippen LogP contribution in [0.4, 0.5) is 0 Å². The van der Waals surface area contributed by atoms with Crippen LogP contribution in [-0.2, 0) is 12.8 Å². The number of rotatable bonds is 3. The van der Waals surface area contributed by atoms with Crippen LogP contribution in [0.2, 0.25) is 0 Å². The predicted molar refractivity (Wildman–Crippen MR) is 105 cm³/mol. The van der Waals surface area contributed by atoms with Crippen molar-refractivity contribution < 1.29 is 0 Å². The number of benzene rings is 3. The molecule has 0 aliphatic carbocycles. The number of aromatic amines is 1. The molecule has 0 fully saturated rings. The third-order valence-corrected chi connectivity index (χ3v) is 4.92. The minimum absolute atomic E-state index is 0.804. The van der Waals surface area contributed by atoms with Gasteiger partial charge in [0.05, 0.1) is 0 Å². The molecule has 0 spiro atoms. The molecule has 4 rings (SSSR count). The average Bonchev–Trinajstić information content (AvgIpc) is 2.97. The van der Waals surface area contributed by atoms with Gasteiger partial charge in [0.1, 0.15) is 7.85 Å². The molecule has 0 amide bonds. The lowest BCUT2D eigenvalue weighted by Gasteiger charge is -2.13. The number of H-pyrrole nitrogens is 1. The van der Waals surface area contributed by atoms with Gasteiger partial charge >= 0.3 is 0 Å². The Labute approximate surface area is 144 Å². The van der Waals surface area contributed by atoms with Crippen molar-refractivity contribution in [3.63, 3.8) is 0 Å². The third-order valence-electron chi connectivity index (χ3n) is 4.92. The summed E-state index contributed by atoms with van der Waals surface area (Å²) < 4.78 is 0. The van der Waals surface area contributed by atoms with E-state index >= 15 is 0 Å². The molecule has 0 bridgehead atoms. The standard InChI is InChI=1S/C22H20BN/c1-3-14-7-5-6-8-17(14)18-13-20-19-12-16(23)9-10-21(19)24-22(20)11-15(18)4-2/h5-13,24H,3-4H2,1-2H3. The van der Waals surface area contributed by atoms with Crippen LogP contribution in [0.5, 0.6) is 0 Å². The topological polar surface area (TPSA) is 15.8 Å². The van der Waals surface area contributed by atoms with Crippen molar-refractivity contribution in [2.24, 2.45) is 0 Å². The largest absolute Gasteiger partial charge is 0.355 e. The van der Waals surface area contributed by atoms with Crippen LogP contribution in [0.25, 0.3) is 32.9 Å². The summed E-state index contributed by atoms with van der Waals surface area (Å²) in [4.78, 5) is 3.53. The van der Waals surface area contributed by atoms with Crippen molar-refractivity contribution in [1.82, 2.24) is 4.98 Å². The van der Waals surface area contributed by atoms with E-state index < -0.39 is 0 Å². The lowest BCUT2D eigenvalue weighted by Crippen LogP contribution is -1.98. The SMILES string of the molecule is [B]c1ccc2[nH]c3cc(CC)c(-c4ccccc4CC)cc3c2c1. The zero-order valence-electron chi connectivity index (χ0n) is 14.2. The van der Waals surface area contributed by atoms with Crippen molar-refractivity contribution in [2.75, 3.05) is 0 Å². The molecule has 4 aromatic rings. The lowest BCUT2D eigenvalue weighted by molar-refractivity contribution is 1.12. The fourth-order valence-electron chi connectivity index (χ4n) is 3.64. The predicted octanol–water partition coefficient (Wildman–Crippen LogP) is 4.91. The smallest absolute Gasteiger partial charge is 0.113 e. The Morgan fingerprint density at radius 1 is 0.750 bits per heavy atom. The van der Waals surface area contributed by atoms with Gasteiger partial charge in [-0.15, -0.1) is 0 Å². The highest BCUT2D eigenvalue weighted by Gasteiger charge is 2.12. The maximum Gasteiger partial charge on any atom is 0.113 e. The summed E-state index contributed by atoms with van der Waals surface area (Å²) in [7, 11) is 6.01. The summed E-state index contributed by atoms with van der Waals surface area (Å²) in [6.07, 6.45) is 2.05. The zero-order chi connectivity index (χ0) is 16.7. The van der Waals surface area contributed by atoms with E-state index in [4.69, 9.17) is 7.85 Å². The van der Waals surface area contributed by atoms with Crippen molar-refractivity contribution in [2.45, 2.75) is 26.7 Å². The Kier molecular flexibility index (Phi) is 3.68. The molecule has 2 radical (unpaired) electrons. The molecular formula is C22H20BN. The number of nitrogens with one attached hydrogen (secondary N) is 1. The van der Waals surface area contributed by atoms with E-state index in [1.54, 1.807) is 0 Å². The van der Waals surface area contributed by atoms with Crippen molar-refractivity contribution in [3.8, 4) is 11.1 Å². The maximum atomic E-state index is 6.01. The van der Waals surface area contributed by atoms with E-state index in [9.17, 15) is 0 Å². The number of hydrogen-bond donors (Lipinski definition) is 1. The van der Waals surface area contributed by atoms with Gasteiger partial charge in [-0.05, 0) is 53.3 Å².